The average Bonchev–Trinajstić information content (AvgIpc) is 2.69. The maximum absolute atomic E-state index is 11.3. The fraction of sp³-hybridized carbons (Fsp3) is 0.357. The van der Waals surface area contributed by atoms with Crippen molar-refractivity contribution in [3.8, 4) is 0 Å². The van der Waals surface area contributed by atoms with E-state index in [1.807, 2.05) is 6.07 Å². The number of rotatable bonds is 1. The molecule has 0 bridgehead atoms. The normalized spacial score (nSPS) is 28.2. The van der Waals surface area contributed by atoms with Gasteiger partial charge in [0.2, 0.25) is 0 Å². The standard InChI is InChI=1S/C14H14O2/c15-13-7-11-6-12(9-16-14(11)8-13)10-4-2-1-3-5-10/h1-5,8,11-12H,6-7,9H2/t11-,12+/m1/s1. The lowest BCUT2D eigenvalue weighted by Gasteiger charge is -2.29. The highest BCUT2D eigenvalue weighted by Gasteiger charge is 2.33. The minimum absolute atomic E-state index is 0.216. The van der Waals surface area contributed by atoms with Crippen molar-refractivity contribution in [2.45, 2.75) is 18.8 Å². The molecule has 0 spiro atoms. The molecule has 0 aromatic heterocycles. The third kappa shape index (κ3) is 1.64. The zero-order chi connectivity index (χ0) is 11.0. The van der Waals surface area contributed by atoms with E-state index < -0.39 is 0 Å². The van der Waals surface area contributed by atoms with Crippen molar-refractivity contribution >= 4 is 5.78 Å². The first kappa shape index (κ1) is 9.64. The second-order valence-electron chi connectivity index (χ2n) is 4.57. The highest BCUT2D eigenvalue weighted by Crippen LogP contribution is 2.39. The maximum Gasteiger partial charge on any atom is 0.159 e. The Morgan fingerprint density at radius 1 is 1.12 bits per heavy atom. The molecule has 2 nitrogen and oxygen atoms in total. The summed E-state index contributed by atoms with van der Waals surface area (Å²) in [6, 6.07) is 10.4. The number of fused-ring (bicyclic) bond motifs is 1. The molecule has 1 heterocycles. The first-order valence-electron chi connectivity index (χ1n) is 5.75. The van der Waals surface area contributed by atoms with Crippen LogP contribution in [0.2, 0.25) is 0 Å². The number of allylic oxidation sites excluding steroid dienone is 2. The lowest BCUT2D eigenvalue weighted by molar-refractivity contribution is -0.114. The smallest absolute Gasteiger partial charge is 0.159 e. The zero-order valence-corrected chi connectivity index (χ0v) is 9.06. The fourth-order valence-corrected chi connectivity index (χ4v) is 2.60. The van der Waals surface area contributed by atoms with Crippen LogP contribution >= 0.6 is 0 Å². The summed E-state index contributed by atoms with van der Waals surface area (Å²) < 4.78 is 5.68. The van der Waals surface area contributed by atoms with Crippen molar-refractivity contribution in [2.75, 3.05) is 6.61 Å². The van der Waals surface area contributed by atoms with Gasteiger partial charge in [-0.15, -0.1) is 0 Å². The van der Waals surface area contributed by atoms with Gasteiger partial charge in [-0.25, -0.2) is 0 Å². The SMILES string of the molecule is O=C1C=C2OC[C@@H](c3ccccc3)C[C@@H]2C1. The van der Waals surface area contributed by atoms with Crippen LogP contribution in [0.5, 0.6) is 0 Å². The van der Waals surface area contributed by atoms with Crippen LogP contribution in [0.15, 0.2) is 42.2 Å². The second-order valence-corrected chi connectivity index (χ2v) is 4.57. The average molecular weight is 214 g/mol. The molecule has 1 aliphatic carbocycles. The number of hydrogen-bond donors (Lipinski definition) is 0. The van der Waals surface area contributed by atoms with Gasteiger partial charge in [-0.3, -0.25) is 4.79 Å². The third-order valence-electron chi connectivity index (χ3n) is 3.44. The van der Waals surface area contributed by atoms with Crippen LogP contribution in [0.25, 0.3) is 0 Å². The first-order chi connectivity index (χ1) is 7.83. The number of carbonyl (C=O) groups is 1. The molecular weight excluding hydrogens is 200 g/mol. The molecule has 2 heteroatoms. The van der Waals surface area contributed by atoms with Crippen LogP contribution in [0, 0.1) is 5.92 Å². The molecule has 3 rings (SSSR count). The van der Waals surface area contributed by atoms with Crippen LogP contribution in [0.1, 0.15) is 24.3 Å². The lowest BCUT2D eigenvalue weighted by atomic mass is 9.86. The molecule has 82 valence electrons. The predicted octanol–water partition coefficient (Wildman–Crippen LogP) is 2.66. The van der Waals surface area contributed by atoms with Crippen molar-refractivity contribution in [1.29, 1.82) is 0 Å². The Labute approximate surface area is 94.9 Å². The second kappa shape index (κ2) is 3.78. The number of ketones is 1. The third-order valence-corrected chi connectivity index (χ3v) is 3.44. The van der Waals surface area contributed by atoms with Crippen LogP contribution in [0.3, 0.4) is 0 Å². The van der Waals surface area contributed by atoms with Gasteiger partial charge < -0.3 is 4.74 Å². The topological polar surface area (TPSA) is 26.3 Å². The lowest BCUT2D eigenvalue weighted by Crippen LogP contribution is -2.20. The summed E-state index contributed by atoms with van der Waals surface area (Å²) in [6.45, 7) is 0.708. The van der Waals surface area contributed by atoms with Gasteiger partial charge in [0.15, 0.2) is 5.78 Å². The summed E-state index contributed by atoms with van der Waals surface area (Å²) >= 11 is 0. The molecule has 0 amide bonds. The van der Waals surface area contributed by atoms with Gasteiger partial charge in [0.25, 0.3) is 0 Å². The van der Waals surface area contributed by atoms with Crippen LogP contribution in [-0.2, 0) is 9.53 Å². The van der Waals surface area contributed by atoms with E-state index in [0.29, 0.717) is 24.9 Å². The Morgan fingerprint density at radius 2 is 1.94 bits per heavy atom. The van der Waals surface area contributed by atoms with Crippen molar-refractivity contribution in [3.63, 3.8) is 0 Å². The van der Waals surface area contributed by atoms with Gasteiger partial charge in [0.05, 0.1) is 6.61 Å². The Balaban J connectivity index is 1.78. The van der Waals surface area contributed by atoms with Crippen molar-refractivity contribution < 1.29 is 9.53 Å². The van der Waals surface area contributed by atoms with Gasteiger partial charge >= 0.3 is 0 Å². The molecule has 1 fully saturated rings. The minimum atomic E-state index is 0.216. The van der Waals surface area contributed by atoms with Crippen molar-refractivity contribution in [1.82, 2.24) is 0 Å². The first-order valence-corrected chi connectivity index (χ1v) is 5.75. The Hall–Kier alpha value is -1.57. The summed E-state index contributed by atoms with van der Waals surface area (Å²) in [7, 11) is 0. The fourth-order valence-electron chi connectivity index (χ4n) is 2.60. The molecule has 0 unspecified atom stereocenters. The monoisotopic (exact) mass is 214 g/mol. The molecule has 2 atom stereocenters. The zero-order valence-electron chi connectivity index (χ0n) is 9.06. The molecule has 0 radical (unpaired) electrons. The van der Waals surface area contributed by atoms with E-state index in [2.05, 4.69) is 24.3 Å². The summed E-state index contributed by atoms with van der Waals surface area (Å²) in [4.78, 5) is 11.3. The summed E-state index contributed by atoms with van der Waals surface area (Å²) in [5.41, 5.74) is 1.32. The molecule has 1 aromatic rings. The molecule has 1 saturated heterocycles. The molecule has 0 N–H and O–H groups in total. The Kier molecular flexibility index (Phi) is 2.28. The molecular formula is C14H14O2. The van der Waals surface area contributed by atoms with Crippen LogP contribution in [-0.4, -0.2) is 12.4 Å². The van der Waals surface area contributed by atoms with E-state index >= 15 is 0 Å². The molecule has 16 heavy (non-hydrogen) atoms. The maximum atomic E-state index is 11.3. The van der Waals surface area contributed by atoms with E-state index in [9.17, 15) is 4.79 Å². The van der Waals surface area contributed by atoms with Gasteiger partial charge in [-0.2, -0.15) is 0 Å². The van der Waals surface area contributed by atoms with Gasteiger partial charge in [0, 0.05) is 24.3 Å². The predicted molar refractivity (Wildman–Crippen MR) is 60.9 cm³/mol. The Morgan fingerprint density at radius 3 is 2.75 bits per heavy atom. The summed E-state index contributed by atoms with van der Waals surface area (Å²) in [5, 5.41) is 0. The molecule has 2 aliphatic rings. The highest BCUT2D eigenvalue weighted by molar-refractivity contribution is 5.93. The van der Waals surface area contributed by atoms with Gasteiger partial charge in [-0.05, 0) is 12.0 Å². The largest absolute Gasteiger partial charge is 0.497 e. The molecule has 1 aromatic carbocycles. The Bertz CT molecular complexity index is 433. The quantitative estimate of drug-likeness (QED) is 0.718. The van der Waals surface area contributed by atoms with Crippen LogP contribution in [0.4, 0.5) is 0 Å². The van der Waals surface area contributed by atoms with Crippen molar-refractivity contribution in [2.24, 2.45) is 5.92 Å². The van der Waals surface area contributed by atoms with E-state index in [0.717, 1.165) is 12.2 Å². The number of hydrogen-bond acceptors (Lipinski definition) is 2. The van der Waals surface area contributed by atoms with Gasteiger partial charge in [0.1, 0.15) is 5.76 Å². The minimum Gasteiger partial charge on any atom is -0.497 e. The summed E-state index contributed by atoms with van der Waals surface area (Å²) in [6.07, 6.45) is 3.35. The van der Waals surface area contributed by atoms with Crippen LogP contribution < -0.4 is 0 Å². The number of benzene rings is 1. The van der Waals surface area contributed by atoms with E-state index in [1.165, 1.54) is 5.56 Å². The number of carbonyl (C=O) groups excluding carboxylic acids is 1. The highest BCUT2D eigenvalue weighted by atomic mass is 16.5. The van der Waals surface area contributed by atoms with E-state index in [-0.39, 0.29) is 5.78 Å². The molecule has 0 saturated carbocycles. The number of ether oxygens (including phenoxy) is 1. The van der Waals surface area contributed by atoms with Gasteiger partial charge in [-0.1, -0.05) is 30.3 Å². The van der Waals surface area contributed by atoms with E-state index in [1.54, 1.807) is 6.08 Å². The summed E-state index contributed by atoms with van der Waals surface area (Å²) in [5.74, 6) is 1.89. The molecule has 1 aliphatic heterocycles. The van der Waals surface area contributed by atoms with Crippen molar-refractivity contribution in [3.05, 3.63) is 47.7 Å². The van der Waals surface area contributed by atoms with E-state index in [4.69, 9.17) is 4.74 Å².